The zero-order valence-corrected chi connectivity index (χ0v) is 12.5. The number of rotatable bonds is 3. The Morgan fingerprint density at radius 1 is 1.37 bits per heavy atom. The van der Waals surface area contributed by atoms with Crippen LogP contribution in [0.5, 0.6) is 0 Å². The lowest BCUT2D eigenvalue weighted by Crippen LogP contribution is -2.17. The van der Waals surface area contributed by atoms with Gasteiger partial charge in [0.15, 0.2) is 0 Å². The summed E-state index contributed by atoms with van der Waals surface area (Å²) in [5.74, 6) is 2.40. The van der Waals surface area contributed by atoms with E-state index in [9.17, 15) is 0 Å². The molecule has 1 aliphatic rings. The lowest BCUT2D eigenvalue weighted by molar-refractivity contribution is 0.503. The predicted octanol–water partition coefficient (Wildman–Crippen LogP) is 3.84. The fourth-order valence-corrected chi connectivity index (χ4v) is 4.44. The summed E-state index contributed by atoms with van der Waals surface area (Å²) in [6, 6.07) is 8.81. The van der Waals surface area contributed by atoms with Gasteiger partial charge in [-0.25, -0.2) is 0 Å². The van der Waals surface area contributed by atoms with Gasteiger partial charge in [-0.3, -0.25) is 0 Å². The lowest BCUT2D eigenvalue weighted by atomic mass is 9.96. The summed E-state index contributed by atoms with van der Waals surface area (Å²) in [6.07, 6.45) is 1.21. The first-order chi connectivity index (χ1) is 9.22. The zero-order chi connectivity index (χ0) is 13.4. The first-order valence-corrected chi connectivity index (χ1v) is 8.15. The van der Waals surface area contributed by atoms with Crippen molar-refractivity contribution in [1.29, 1.82) is 0 Å². The Labute approximate surface area is 119 Å². The lowest BCUT2D eigenvalue weighted by Gasteiger charge is -2.23. The third kappa shape index (κ3) is 2.19. The largest absolute Gasteiger partial charge is 0.335 e. The van der Waals surface area contributed by atoms with Crippen LogP contribution in [-0.2, 0) is 6.54 Å². The van der Waals surface area contributed by atoms with Crippen molar-refractivity contribution in [3.05, 3.63) is 29.8 Å². The molecule has 0 radical (unpaired) electrons. The van der Waals surface area contributed by atoms with Gasteiger partial charge in [0.25, 0.3) is 0 Å². The van der Waals surface area contributed by atoms with Crippen molar-refractivity contribution in [2.45, 2.75) is 37.8 Å². The van der Waals surface area contributed by atoms with Crippen molar-refractivity contribution < 1.29 is 0 Å². The van der Waals surface area contributed by atoms with E-state index < -0.39 is 0 Å². The number of aromatic nitrogens is 1. The van der Waals surface area contributed by atoms with E-state index >= 15 is 0 Å². The van der Waals surface area contributed by atoms with Crippen LogP contribution in [-0.4, -0.2) is 16.9 Å². The van der Waals surface area contributed by atoms with Crippen LogP contribution in [0.3, 0.4) is 0 Å². The molecule has 2 nitrogen and oxygen atoms in total. The molecule has 2 heterocycles. The van der Waals surface area contributed by atoms with Crippen molar-refractivity contribution in [2.24, 2.45) is 11.7 Å². The highest BCUT2D eigenvalue weighted by Crippen LogP contribution is 2.43. The molecule has 1 atom stereocenters. The second-order valence-electron chi connectivity index (χ2n) is 5.81. The monoisotopic (exact) mass is 274 g/mol. The van der Waals surface area contributed by atoms with Crippen LogP contribution in [0.4, 0.5) is 0 Å². The molecule has 102 valence electrons. The maximum atomic E-state index is 6.00. The summed E-state index contributed by atoms with van der Waals surface area (Å²) in [5.41, 5.74) is 8.89. The standard InChI is InChI=1S/C16H22N2S/c1-11(2)10-18-14-6-4-3-5-13(14)15-12(9-17)7-8-19-16(15)18/h3-6,11-12H,7-10,17H2,1-2H3. The molecular formula is C16H22N2S. The molecule has 2 N–H and O–H groups in total. The van der Waals surface area contributed by atoms with E-state index in [1.165, 1.54) is 33.7 Å². The highest BCUT2D eigenvalue weighted by Gasteiger charge is 2.27. The van der Waals surface area contributed by atoms with E-state index in [0.717, 1.165) is 13.1 Å². The highest BCUT2D eigenvalue weighted by molar-refractivity contribution is 7.99. The van der Waals surface area contributed by atoms with E-state index in [4.69, 9.17) is 5.73 Å². The third-order valence-electron chi connectivity index (χ3n) is 3.91. The highest BCUT2D eigenvalue weighted by atomic mass is 32.2. The van der Waals surface area contributed by atoms with Crippen LogP contribution in [0.25, 0.3) is 10.9 Å². The van der Waals surface area contributed by atoms with Gasteiger partial charge in [0.1, 0.15) is 0 Å². The summed E-state index contributed by atoms with van der Waals surface area (Å²) < 4.78 is 2.52. The van der Waals surface area contributed by atoms with Gasteiger partial charge in [-0.05, 0) is 30.5 Å². The number of nitrogens with zero attached hydrogens (tertiary/aromatic N) is 1. The molecule has 0 fully saturated rings. The molecule has 0 bridgehead atoms. The molecule has 1 aromatic heterocycles. The van der Waals surface area contributed by atoms with E-state index in [1.807, 2.05) is 11.8 Å². The Bertz CT molecular complexity index is 586. The van der Waals surface area contributed by atoms with Gasteiger partial charge in [0.2, 0.25) is 0 Å². The van der Waals surface area contributed by atoms with Crippen molar-refractivity contribution >= 4 is 22.7 Å². The average Bonchev–Trinajstić information content (AvgIpc) is 2.73. The molecule has 19 heavy (non-hydrogen) atoms. The Balaban J connectivity index is 2.24. The third-order valence-corrected chi connectivity index (χ3v) is 5.06. The molecule has 1 unspecified atom stereocenters. The predicted molar refractivity (Wildman–Crippen MR) is 83.9 cm³/mol. The topological polar surface area (TPSA) is 30.9 Å². The average molecular weight is 274 g/mol. The number of nitrogens with two attached hydrogens (primary N) is 1. The smallest absolute Gasteiger partial charge is 0.0795 e. The first-order valence-electron chi connectivity index (χ1n) is 7.16. The molecule has 0 saturated heterocycles. The summed E-state index contributed by atoms with van der Waals surface area (Å²) in [7, 11) is 0. The number of hydrogen-bond acceptors (Lipinski definition) is 2. The van der Waals surface area contributed by atoms with Crippen molar-refractivity contribution in [1.82, 2.24) is 4.57 Å². The van der Waals surface area contributed by atoms with Gasteiger partial charge in [0.05, 0.1) is 5.03 Å². The SMILES string of the molecule is CC(C)Cn1c2c(c3ccccc31)C(CN)CCS2. The summed E-state index contributed by atoms with van der Waals surface area (Å²) >= 11 is 2.01. The van der Waals surface area contributed by atoms with E-state index in [0.29, 0.717) is 11.8 Å². The second-order valence-corrected chi connectivity index (χ2v) is 6.89. The minimum Gasteiger partial charge on any atom is -0.335 e. The van der Waals surface area contributed by atoms with E-state index in [-0.39, 0.29) is 0 Å². The van der Waals surface area contributed by atoms with Crippen molar-refractivity contribution in [2.75, 3.05) is 12.3 Å². The Hall–Kier alpha value is -0.930. The molecule has 0 saturated carbocycles. The molecule has 3 rings (SSSR count). The number of para-hydroxylation sites is 1. The molecule has 0 amide bonds. The summed E-state index contributed by atoms with van der Waals surface area (Å²) in [4.78, 5) is 0. The summed E-state index contributed by atoms with van der Waals surface area (Å²) in [5, 5.41) is 2.89. The van der Waals surface area contributed by atoms with E-state index in [1.54, 1.807) is 0 Å². The number of thioether (sulfide) groups is 1. The van der Waals surface area contributed by atoms with Gasteiger partial charge < -0.3 is 10.3 Å². The van der Waals surface area contributed by atoms with Gasteiger partial charge >= 0.3 is 0 Å². The molecule has 0 aliphatic carbocycles. The van der Waals surface area contributed by atoms with Gasteiger partial charge in [-0.1, -0.05) is 32.0 Å². The number of fused-ring (bicyclic) bond motifs is 3. The quantitative estimate of drug-likeness (QED) is 0.922. The van der Waals surface area contributed by atoms with Crippen LogP contribution in [0, 0.1) is 5.92 Å². The molecule has 1 aromatic carbocycles. The second kappa shape index (κ2) is 5.22. The minimum atomic E-state index is 0.537. The van der Waals surface area contributed by atoms with Crippen molar-refractivity contribution in [3.8, 4) is 0 Å². The molecular weight excluding hydrogens is 252 g/mol. The van der Waals surface area contributed by atoms with Crippen molar-refractivity contribution in [3.63, 3.8) is 0 Å². The molecule has 3 heteroatoms. The Morgan fingerprint density at radius 3 is 2.89 bits per heavy atom. The van der Waals surface area contributed by atoms with Crippen LogP contribution in [0.15, 0.2) is 29.3 Å². The number of hydrogen-bond donors (Lipinski definition) is 1. The maximum absolute atomic E-state index is 6.00. The van der Waals surface area contributed by atoms with Crippen LogP contribution in [0.2, 0.25) is 0 Å². The van der Waals surface area contributed by atoms with E-state index in [2.05, 4.69) is 42.7 Å². The molecule has 2 aromatic rings. The van der Waals surface area contributed by atoms with Crippen LogP contribution >= 0.6 is 11.8 Å². The minimum absolute atomic E-state index is 0.537. The normalized spacial score (nSPS) is 19.1. The fraction of sp³-hybridized carbons (Fsp3) is 0.500. The fourth-order valence-electron chi connectivity index (χ4n) is 3.08. The maximum Gasteiger partial charge on any atom is 0.0795 e. The number of benzene rings is 1. The van der Waals surface area contributed by atoms with Gasteiger partial charge in [0, 0.05) is 29.1 Å². The van der Waals surface area contributed by atoms with Gasteiger partial charge in [-0.15, -0.1) is 11.8 Å². The summed E-state index contributed by atoms with van der Waals surface area (Å²) in [6.45, 7) is 6.44. The Morgan fingerprint density at radius 2 is 2.16 bits per heavy atom. The zero-order valence-electron chi connectivity index (χ0n) is 11.7. The van der Waals surface area contributed by atoms with Crippen LogP contribution in [0.1, 0.15) is 31.7 Å². The van der Waals surface area contributed by atoms with Gasteiger partial charge in [-0.2, -0.15) is 0 Å². The van der Waals surface area contributed by atoms with Crippen LogP contribution < -0.4 is 5.73 Å². The molecule has 1 aliphatic heterocycles. The Kier molecular flexibility index (Phi) is 3.59. The molecule has 0 spiro atoms. The first kappa shape index (κ1) is 13.1.